The molecule has 0 saturated carbocycles. The normalized spacial score (nSPS) is 11.9. The van der Waals surface area contributed by atoms with Crippen LogP contribution in [0.2, 0.25) is 0 Å². The average Bonchev–Trinajstić information content (AvgIpc) is 2.45. The number of aromatic nitrogens is 1. The minimum atomic E-state index is -4.40. The highest BCUT2D eigenvalue weighted by Crippen LogP contribution is 2.19. The summed E-state index contributed by atoms with van der Waals surface area (Å²) in [7, 11) is 1.59. The zero-order valence-corrected chi connectivity index (χ0v) is 11.6. The Bertz CT molecular complexity index is 489. The number of hydrogen-bond donors (Lipinski definition) is 2. The fourth-order valence-electron chi connectivity index (χ4n) is 1.41. The molecule has 116 valence electrons. The van der Waals surface area contributed by atoms with E-state index in [9.17, 15) is 13.2 Å². The summed E-state index contributed by atoms with van der Waals surface area (Å²) in [4.78, 5) is 7.77. The lowest BCUT2D eigenvalue weighted by Gasteiger charge is -2.14. The maximum absolute atomic E-state index is 12.2. The van der Waals surface area contributed by atoms with Crippen LogP contribution in [0.25, 0.3) is 0 Å². The van der Waals surface area contributed by atoms with E-state index < -0.39 is 12.8 Å². The van der Waals surface area contributed by atoms with Gasteiger partial charge in [0.05, 0.1) is 0 Å². The number of halogens is 3. The molecule has 21 heavy (non-hydrogen) atoms. The van der Waals surface area contributed by atoms with Crippen LogP contribution in [0, 0.1) is 0 Å². The third-order valence-electron chi connectivity index (χ3n) is 2.31. The monoisotopic (exact) mass is 302 g/mol. The molecule has 0 aliphatic heterocycles. The van der Waals surface area contributed by atoms with Gasteiger partial charge in [-0.1, -0.05) is 12.1 Å². The molecule has 0 radical (unpaired) electrons. The van der Waals surface area contributed by atoms with E-state index in [4.69, 9.17) is 4.74 Å². The molecule has 2 N–H and O–H groups in total. The fourth-order valence-corrected chi connectivity index (χ4v) is 1.41. The van der Waals surface area contributed by atoms with Crippen LogP contribution in [0.15, 0.2) is 36.0 Å². The maximum atomic E-state index is 12.2. The highest BCUT2D eigenvalue weighted by Gasteiger charge is 2.29. The van der Waals surface area contributed by atoms with Crippen molar-refractivity contribution in [3.63, 3.8) is 0 Å². The second kappa shape index (κ2) is 8.13. The number of alkyl halides is 3. The Labute approximate surface area is 120 Å². The van der Waals surface area contributed by atoms with Crippen molar-refractivity contribution in [1.82, 2.24) is 15.6 Å². The minimum absolute atomic E-state index is 0.0542. The van der Waals surface area contributed by atoms with Crippen LogP contribution in [0.5, 0.6) is 5.88 Å². The Hall–Kier alpha value is -2.25. The second-order valence-corrected chi connectivity index (χ2v) is 3.97. The number of nitrogens with one attached hydrogen (secondary N) is 2. The molecule has 0 aromatic carbocycles. The average molecular weight is 302 g/mol. The van der Waals surface area contributed by atoms with Gasteiger partial charge < -0.3 is 15.4 Å². The summed E-state index contributed by atoms with van der Waals surface area (Å²) in [5.41, 5.74) is 0.503. The zero-order chi connectivity index (χ0) is 15.7. The van der Waals surface area contributed by atoms with Crippen LogP contribution >= 0.6 is 0 Å². The van der Waals surface area contributed by atoms with E-state index in [1.54, 1.807) is 25.3 Å². The van der Waals surface area contributed by atoms with Crippen molar-refractivity contribution in [2.45, 2.75) is 12.7 Å². The molecular formula is C13H17F3N4O. The van der Waals surface area contributed by atoms with Gasteiger partial charge in [-0.05, 0) is 6.07 Å². The van der Waals surface area contributed by atoms with E-state index >= 15 is 0 Å². The van der Waals surface area contributed by atoms with Crippen molar-refractivity contribution in [3.8, 4) is 5.88 Å². The molecule has 0 aliphatic carbocycles. The number of hydrogen-bond acceptors (Lipinski definition) is 3. The molecule has 0 aliphatic rings. The Morgan fingerprint density at radius 2 is 2.24 bits per heavy atom. The van der Waals surface area contributed by atoms with Crippen LogP contribution in [-0.4, -0.2) is 37.3 Å². The van der Waals surface area contributed by atoms with Crippen LogP contribution in [0.3, 0.4) is 0 Å². The molecule has 0 unspecified atom stereocenters. The lowest BCUT2D eigenvalue weighted by atomic mass is 10.2. The number of guanidine groups is 1. The first-order chi connectivity index (χ1) is 9.96. The predicted octanol–water partition coefficient (Wildman–Crippen LogP) is 1.87. The van der Waals surface area contributed by atoms with E-state index in [0.29, 0.717) is 18.1 Å². The Kier molecular flexibility index (Phi) is 6.51. The van der Waals surface area contributed by atoms with Gasteiger partial charge in [0, 0.05) is 31.9 Å². The van der Waals surface area contributed by atoms with Crippen LogP contribution in [-0.2, 0) is 6.54 Å². The number of rotatable bonds is 6. The van der Waals surface area contributed by atoms with Gasteiger partial charge >= 0.3 is 6.18 Å². The second-order valence-electron chi connectivity index (χ2n) is 3.97. The van der Waals surface area contributed by atoms with Crippen LogP contribution < -0.4 is 15.4 Å². The maximum Gasteiger partial charge on any atom is 0.422 e. The summed E-state index contributed by atoms with van der Waals surface area (Å²) in [6.07, 6.45) is -1.36. The molecular weight excluding hydrogens is 285 g/mol. The summed E-state index contributed by atoms with van der Waals surface area (Å²) in [6.45, 7) is 2.94. The van der Waals surface area contributed by atoms with Crippen LogP contribution in [0.4, 0.5) is 13.2 Å². The van der Waals surface area contributed by atoms with E-state index in [1.807, 2.05) is 0 Å². The van der Waals surface area contributed by atoms with E-state index in [2.05, 4.69) is 27.2 Å². The summed E-state index contributed by atoms with van der Waals surface area (Å²) in [5.74, 6) is 0.446. The van der Waals surface area contributed by atoms with Crippen molar-refractivity contribution in [2.24, 2.45) is 4.99 Å². The quantitative estimate of drug-likeness (QED) is 0.478. The molecule has 0 atom stereocenters. The first-order valence-electron chi connectivity index (χ1n) is 6.15. The van der Waals surface area contributed by atoms with Gasteiger partial charge in [0.1, 0.15) is 0 Å². The number of ether oxygens (including phenoxy) is 1. The smallest absolute Gasteiger partial charge is 0.422 e. The summed E-state index contributed by atoms with van der Waals surface area (Å²) >= 11 is 0. The van der Waals surface area contributed by atoms with Crippen molar-refractivity contribution >= 4 is 5.96 Å². The summed E-state index contributed by atoms with van der Waals surface area (Å²) in [6, 6.07) is 3.25. The lowest BCUT2D eigenvalue weighted by molar-refractivity contribution is -0.154. The van der Waals surface area contributed by atoms with E-state index in [-0.39, 0.29) is 12.4 Å². The SMILES string of the molecule is C=CCNC(=NC)NCc1cccnc1OCC(F)(F)F. The third-order valence-corrected chi connectivity index (χ3v) is 2.31. The van der Waals surface area contributed by atoms with Gasteiger partial charge in [-0.2, -0.15) is 13.2 Å². The molecule has 1 heterocycles. The van der Waals surface area contributed by atoms with E-state index in [0.717, 1.165) is 0 Å². The zero-order valence-electron chi connectivity index (χ0n) is 11.6. The molecule has 1 aromatic rings. The molecule has 1 aromatic heterocycles. The standard InChI is InChI=1S/C13H17F3N4O/c1-3-6-19-12(17-2)20-8-10-5-4-7-18-11(10)21-9-13(14,15)16/h3-5,7H,1,6,8-9H2,2H3,(H2,17,19,20). The third kappa shape index (κ3) is 6.64. The fraction of sp³-hybridized carbons (Fsp3) is 0.385. The highest BCUT2D eigenvalue weighted by atomic mass is 19.4. The summed E-state index contributed by atoms with van der Waals surface area (Å²) < 4.78 is 41.2. The number of pyridine rings is 1. The number of aliphatic imine (C=N–C) groups is 1. The Morgan fingerprint density at radius 1 is 1.48 bits per heavy atom. The predicted molar refractivity (Wildman–Crippen MR) is 74.2 cm³/mol. The van der Waals surface area contributed by atoms with Gasteiger partial charge in [-0.3, -0.25) is 4.99 Å². The molecule has 0 amide bonds. The largest absolute Gasteiger partial charge is 0.468 e. The molecule has 1 rings (SSSR count). The van der Waals surface area contributed by atoms with Gasteiger partial charge in [0.25, 0.3) is 0 Å². The first kappa shape index (κ1) is 16.8. The number of nitrogens with zero attached hydrogens (tertiary/aromatic N) is 2. The Balaban J connectivity index is 2.64. The van der Waals surface area contributed by atoms with Gasteiger partial charge in [-0.25, -0.2) is 4.98 Å². The van der Waals surface area contributed by atoms with Gasteiger partial charge in [0.15, 0.2) is 12.6 Å². The van der Waals surface area contributed by atoms with Gasteiger partial charge in [0.2, 0.25) is 5.88 Å². The minimum Gasteiger partial charge on any atom is -0.468 e. The van der Waals surface area contributed by atoms with Crippen molar-refractivity contribution < 1.29 is 17.9 Å². The Morgan fingerprint density at radius 3 is 2.86 bits per heavy atom. The molecule has 0 fully saturated rings. The van der Waals surface area contributed by atoms with Gasteiger partial charge in [-0.15, -0.1) is 6.58 Å². The molecule has 5 nitrogen and oxygen atoms in total. The highest BCUT2D eigenvalue weighted by molar-refractivity contribution is 5.79. The molecule has 0 spiro atoms. The van der Waals surface area contributed by atoms with Crippen molar-refractivity contribution in [3.05, 3.63) is 36.5 Å². The molecule has 0 bridgehead atoms. The molecule has 0 saturated heterocycles. The van der Waals surface area contributed by atoms with Crippen molar-refractivity contribution in [2.75, 3.05) is 20.2 Å². The van der Waals surface area contributed by atoms with Crippen LogP contribution in [0.1, 0.15) is 5.56 Å². The topological polar surface area (TPSA) is 58.5 Å². The molecule has 8 heteroatoms. The van der Waals surface area contributed by atoms with E-state index in [1.165, 1.54) is 6.20 Å². The first-order valence-corrected chi connectivity index (χ1v) is 6.15. The lowest BCUT2D eigenvalue weighted by Crippen LogP contribution is -2.36. The van der Waals surface area contributed by atoms with Crippen molar-refractivity contribution in [1.29, 1.82) is 0 Å². The summed E-state index contributed by atoms with van der Waals surface area (Å²) in [5, 5.41) is 5.89.